The van der Waals surface area contributed by atoms with E-state index in [2.05, 4.69) is 27.4 Å². The molecule has 0 spiro atoms. The summed E-state index contributed by atoms with van der Waals surface area (Å²) in [5, 5.41) is 3.35. The average molecular weight is 642 g/mol. The normalized spacial score (nSPS) is 10.5. The molecule has 2 heterocycles. The second kappa shape index (κ2) is 12.3. The van der Waals surface area contributed by atoms with Crippen LogP contribution in [0.2, 0.25) is 0 Å². The number of halogens is 2. The third-order valence-electron chi connectivity index (χ3n) is 4.32. The van der Waals surface area contributed by atoms with E-state index < -0.39 is 0 Å². The molecule has 10 heteroatoms. The maximum absolute atomic E-state index is 12.6. The smallest absolute Gasteiger partial charge is 0.359 e. The number of rotatable bonds is 9. The highest BCUT2D eigenvalue weighted by atomic mass is 127. The summed E-state index contributed by atoms with van der Waals surface area (Å²) in [6, 6.07) is 17.3. The van der Waals surface area contributed by atoms with Crippen LogP contribution in [0.5, 0.6) is 11.5 Å². The number of hydrogen-bond acceptors (Lipinski definition) is 7. The summed E-state index contributed by atoms with van der Waals surface area (Å²) in [5.41, 5.74) is 1.15. The number of aromatic nitrogens is 2. The molecule has 2 aromatic heterocycles. The molecule has 1 amide bonds. The van der Waals surface area contributed by atoms with Gasteiger partial charge in [-0.3, -0.25) is 10.1 Å². The fourth-order valence-corrected chi connectivity index (χ4v) is 5.69. The maximum Gasteiger partial charge on any atom is 0.359 e. The molecule has 2 aromatic carbocycles. The lowest BCUT2D eigenvalue weighted by Gasteiger charge is -2.04. The van der Waals surface area contributed by atoms with Gasteiger partial charge in [0.05, 0.1) is 23.5 Å². The largest absolute Gasteiger partial charge is 1.00 e. The Labute approximate surface area is 216 Å². The van der Waals surface area contributed by atoms with Crippen molar-refractivity contribution < 1.29 is 57.2 Å². The van der Waals surface area contributed by atoms with E-state index in [-0.39, 0.29) is 50.9 Å². The minimum absolute atomic E-state index is 0. The van der Waals surface area contributed by atoms with Gasteiger partial charge in [-0.05, 0) is 61.5 Å². The molecule has 0 saturated carbocycles. The van der Waals surface area contributed by atoms with Crippen molar-refractivity contribution in [3.05, 3.63) is 73.6 Å². The van der Waals surface area contributed by atoms with Gasteiger partial charge in [0.2, 0.25) is 3.57 Å². The Morgan fingerprint density at radius 3 is 2.52 bits per heavy atom. The highest BCUT2D eigenvalue weighted by molar-refractivity contribution is 7.22. The number of ether oxygens (including phenoxy) is 3. The fraction of sp³-hybridized carbons (Fsp3) is 0.174. The van der Waals surface area contributed by atoms with Gasteiger partial charge in [-0.1, -0.05) is 11.3 Å². The second-order valence-electron chi connectivity index (χ2n) is 6.47. The standard InChI is InChI=1S/C23H20IN3O4S.BrH/c1-3-30-14-31-18-9-11-19-21(12-18)32-23(26-19)27-22(28)20-10-6-16(13-25-20)24-15-4-7-17(29-2)8-5-15;/h4-13H,3,14H2,1-2H3;1H. The quantitative estimate of drug-likeness (QED) is 0.136. The van der Waals surface area contributed by atoms with Crippen LogP contribution in [0.15, 0.2) is 60.8 Å². The van der Waals surface area contributed by atoms with Gasteiger partial charge in [0, 0.05) is 6.61 Å². The summed E-state index contributed by atoms with van der Waals surface area (Å²) in [6.07, 6.45) is 1.77. The first kappa shape index (κ1) is 25.3. The van der Waals surface area contributed by atoms with Crippen LogP contribution in [0.4, 0.5) is 5.13 Å². The molecule has 0 atom stereocenters. The Hall–Kier alpha value is -2.28. The van der Waals surface area contributed by atoms with E-state index in [1.165, 1.54) is 14.9 Å². The summed E-state index contributed by atoms with van der Waals surface area (Å²) in [7, 11) is 1.65. The van der Waals surface area contributed by atoms with Crippen molar-refractivity contribution in [3.63, 3.8) is 0 Å². The minimum atomic E-state index is -0.375. The van der Waals surface area contributed by atoms with Crippen LogP contribution in [0.25, 0.3) is 10.2 Å². The number of carbonyl (C=O) groups is 1. The van der Waals surface area contributed by atoms with Crippen LogP contribution >= 0.6 is 11.3 Å². The van der Waals surface area contributed by atoms with Crippen LogP contribution in [0, 0.1) is 7.14 Å². The molecule has 0 unspecified atom stereocenters. The van der Waals surface area contributed by atoms with Gasteiger partial charge in [-0.15, -0.1) is 0 Å². The monoisotopic (exact) mass is 641 g/mol. The molecule has 1 N–H and O–H groups in total. The molecule has 172 valence electrons. The number of amides is 1. The van der Waals surface area contributed by atoms with Crippen LogP contribution in [0.3, 0.4) is 0 Å². The zero-order valence-corrected chi connectivity index (χ0v) is 22.4. The molecular weight excluding hydrogens is 621 g/mol. The number of pyridine rings is 1. The first-order valence-electron chi connectivity index (χ1n) is 9.82. The number of anilines is 1. The molecule has 0 aliphatic heterocycles. The molecule has 0 aliphatic rings. The number of thiazole rings is 1. The minimum Gasteiger partial charge on any atom is -1.00 e. The summed E-state index contributed by atoms with van der Waals surface area (Å²) in [5.74, 6) is 1.25. The van der Waals surface area contributed by atoms with Gasteiger partial charge in [0.15, 0.2) is 15.5 Å². The SMILES string of the molecule is CCOCOc1ccc2nc(NC(=O)c3ccc([I+]c4ccc(OC)cc4)cn3)sc2c1.[Br-]. The van der Waals surface area contributed by atoms with Crippen molar-refractivity contribution in [2.45, 2.75) is 6.92 Å². The first-order chi connectivity index (χ1) is 15.6. The molecule has 0 radical (unpaired) electrons. The van der Waals surface area contributed by atoms with E-state index >= 15 is 0 Å². The van der Waals surface area contributed by atoms with Gasteiger partial charge in [-0.25, -0.2) is 9.97 Å². The van der Waals surface area contributed by atoms with Gasteiger partial charge in [-0.2, -0.15) is 0 Å². The predicted octanol–water partition coefficient (Wildman–Crippen LogP) is -1.54. The van der Waals surface area contributed by atoms with Crippen molar-refractivity contribution in [1.82, 2.24) is 9.97 Å². The number of nitrogens with zero attached hydrogens (tertiary/aromatic N) is 2. The van der Waals surface area contributed by atoms with E-state index in [0.29, 0.717) is 23.2 Å². The van der Waals surface area contributed by atoms with Crippen molar-refractivity contribution in [3.8, 4) is 11.5 Å². The lowest BCUT2D eigenvalue weighted by Crippen LogP contribution is -3.61. The predicted molar refractivity (Wildman–Crippen MR) is 119 cm³/mol. The van der Waals surface area contributed by atoms with Gasteiger partial charge in [0.25, 0.3) is 5.91 Å². The van der Waals surface area contributed by atoms with E-state index in [1.807, 2.05) is 43.3 Å². The van der Waals surface area contributed by atoms with Crippen LogP contribution < -0.4 is 53.0 Å². The Kier molecular flexibility index (Phi) is 9.41. The Morgan fingerprint density at radius 1 is 1.06 bits per heavy atom. The Bertz CT molecular complexity index is 1200. The molecular formula is C23H21BrIN3O4S. The number of hydrogen-bond donors (Lipinski definition) is 1. The van der Waals surface area contributed by atoms with Gasteiger partial charge >= 0.3 is 21.2 Å². The number of carbonyl (C=O) groups excluding carboxylic acids is 1. The van der Waals surface area contributed by atoms with Crippen LogP contribution in [0.1, 0.15) is 17.4 Å². The molecule has 4 aromatic rings. The highest BCUT2D eigenvalue weighted by Gasteiger charge is 2.18. The Morgan fingerprint density at radius 2 is 1.82 bits per heavy atom. The topological polar surface area (TPSA) is 82.6 Å². The third kappa shape index (κ3) is 6.85. The summed E-state index contributed by atoms with van der Waals surface area (Å²) in [4.78, 5) is 21.4. The van der Waals surface area contributed by atoms with Crippen LogP contribution in [-0.4, -0.2) is 36.4 Å². The number of fused-ring (bicyclic) bond motifs is 1. The summed E-state index contributed by atoms with van der Waals surface area (Å²) in [6.45, 7) is 2.71. The summed E-state index contributed by atoms with van der Waals surface area (Å²) >= 11 is 1.01. The fourth-order valence-electron chi connectivity index (χ4n) is 2.73. The van der Waals surface area contributed by atoms with Crippen LogP contribution in [-0.2, 0) is 4.74 Å². The summed E-state index contributed by atoms with van der Waals surface area (Å²) < 4.78 is 19.2. The molecule has 33 heavy (non-hydrogen) atoms. The molecule has 0 fully saturated rings. The lowest BCUT2D eigenvalue weighted by molar-refractivity contribution is -0.597. The molecule has 4 rings (SSSR count). The molecule has 0 bridgehead atoms. The van der Waals surface area contributed by atoms with Crippen molar-refractivity contribution in [2.75, 3.05) is 25.8 Å². The maximum atomic E-state index is 12.6. The average Bonchev–Trinajstić information content (AvgIpc) is 3.21. The van der Waals surface area contributed by atoms with E-state index in [1.54, 1.807) is 19.4 Å². The zero-order chi connectivity index (χ0) is 22.3. The van der Waals surface area contributed by atoms with Gasteiger partial charge < -0.3 is 31.2 Å². The van der Waals surface area contributed by atoms with E-state index in [9.17, 15) is 4.79 Å². The highest BCUT2D eigenvalue weighted by Crippen LogP contribution is 2.29. The third-order valence-corrected chi connectivity index (χ3v) is 7.86. The van der Waals surface area contributed by atoms with E-state index in [0.717, 1.165) is 19.5 Å². The Balaban J connectivity index is 0.00000306. The lowest BCUT2D eigenvalue weighted by atomic mass is 10.3. The number of nitrogens with one attached hydrogen (secondary N) is 1. The second-order valence-corrected chi connectivity index (χ2v) is 10.5. The molecule has 0 aliphatic carbocycles. The van der Waals surface area contributed by atoms with Gasteiger partial charge in [0.1, 0.15) is 17.2 Å². The molecule has 7 nitrogen and oxygen atoms in total. The number of methoxy groups -OCH3 is 1. The van der Waals surface area contributed by atoms with Crippen molar-refractivity contribution in [2.24, 2.45) is 0 Å². The molecule has 0 saturated heterocycles. The van der Waals surface area contributed by atoms with Crippen molar-refractivity contribution in [1.29, 1.82) is 0 Å². The van der Waals surface area contributed by atoms with Crippen molar-refractivity contribution >= 4 is 32.6 Å². The van der Waals surface area contributed by atoms with E-state index in [4.69, 9.17) is 14.2 Å². The first-order valence-corrected chi connectivity index (χ1v) is 12.8. The number of benzene rings is 2. The zero-order valence-electron chi connectivity index (χ0n) is 17.9.